The number of nitrogens with one attached hydrogen (secondary N) is 1. The third-order valence-electron chi connectivity index (χ3n) is 3.11. The summed E-state index contributed by atoms with van der Waals surface area (Å²) >= 11 is 1.21. The van der Waals surface area contributed by atoms with Crippen molar-refractivity contribution >= 4 is 34.7 Å². The van der Waals surface area contributed by atoms with Crippen molar-refractivity contribution < 1.29 is 14.8 Å². The first kappa shape index (κ1) is 16.9. The lowest BCUT2D eigenvalue weighted by Gasteiger charge is -2.19. The minimum absolute atomic E-state index is 0.155. The average molecular weight is 336 g/mol. The number of amides is 1. The third-order valence-corrected chi connectivity index (χ3v) is 3.98. The summed E-state index contributed by atoms with van der Waals surface area (Å²) < 4.78 is 0. The van der Waals surface area contributed by atoms with Crippen LogP contribution in [0.5, 0.6) is 5.75 Å². The molecule has 1 aromatic rings. The van der Waals surface area contributed by atoms with Crippen LogP contribution >= 0.6 is 11.8 Å². The molecule has 0 atom stereocenters. The number of nitro benzene ring substituents is 1. The molecule has 0 aromatic heterocycles. The quantitative estimate of drug-likeness (QED) is 0.498. The predicted molar refractivity (Wildman–Crippen MR) is 89.1 cm³/mol. The number of rotatable bonds is 3. The highest BCUT2D eigenvalue weighted by molar-refractivity contribution is 8.15. The summed E-state index contributed by atoms with van der Waals surface area (Å²) in [4.78, 5) is 21.5. The second kappa shape index (κ2) is 6.37. The van der Waals surface area contributed by atoms with Crippen LogP contribution in [0.3, 0.4) is 0 Å². The smallest absolute Gasteiger partial charge is 0.311 e. The molecule has 23 heavy (non-hydrogen) atoms. The molecule has 1 heterocycles. The summed E-state index contributed by atoms with van der Waals surface area (Å²) in [6.07, 6.45) is 1.23. The van der Waals surface area contributed by atoms with Gasteiger partial charge in [-0.2, -0.15) is 5.10 Å². The molecule has 2 rings (SSSR count). The largest absolute Gasteiger partial charge is 0.502 e. The van der Waals surface area contributed by atoms with Gasteiger partial charge in [0.25, 0.3) is 0 Å². The van der Waals surface area contributed by atoms with E-state index in [2.05, 4.69) is 15.5 Å². The second-order valence-electron chi connectivity index (χ2n) is 5.93. The lowest BCUT2D eigenvalue weighted by atomic mass is 9.85. The van der Waals surface area contributed by atoms with E-state index in [0.717, 1.165) is 0 Å². The topological polar surface area (TPSA) is 117 Å². The Kier molecular flexibility index (Phi) is 4.69. The van der Waals surface area contributed by atoms with Crippen molar-refractivity contribution in [1.82, 2.24) is 5.32 Å². The van der Waals surface area contributed by atoms with Crippen molar-refractivity contribution in [2.75, 3.05) is 5.75 Å². The molecule has 0 spiro atoms. The van der Waals surface area contributed by atoms with Crippen LogP contribution in [-0.4, -0.2) is 33.1 Å². The van der Waals surface area contributed by atoms with Gasteiger partial charge < -0.3 is 10.4 Å². The van der Waals surface area contributed by atoms with Crippen LogP contribution in [-0.2, 0) is 10.2 Å². The molecular weight excluding hydrogens is 320 g/mol. The van der Waals surface area contributed by atoms with Crippen LogP contribution in [0, 0.1) is 10.1 Å². The van der Waals surface area contributed by atoms with Crippen LogP contribution < -0.4 is 5.32 Å². The maximum Gasteiger partial charge on any atom is 0.311 e. The molecule has 1 aliphatic rings. The van der Waals surface area contributed by atoms with Crippen LogP contribution in [0.15, 0.2) is 22.3 Å². The molecule has 122 valence electrons. The number of nitrogens with zero attached hydrogens (tertiary/aromatic N) is 3. The molecule has 8 nitrogen and oxygen atoms in total. The first-order valence-electron chi connectivity index (χ1n) is 6.74. The van der Waals surface area contributed by atoms with Gasteiger partial charge in [0.2, 0.25) is 11.7 Å². The molecule has 0 bridgehead atoms. The molecule has 1 aliphatic heterocycles. The van der Waals surface area contributed by atoms with E-state index in [4.69, 9.17) is 0 Å². The minimum Gasteiger partial charge on any atom is -0.502 e. The summed E-state index contributed by atoms with van der Waals surface area (Å²) in [7, 11) is 0. The van der Waals surface area contributed by atoms with Gasteiger partial charge in [-0.1, -0.05) is 32.5 Å². The number of carbonyl (C=O) groups is 1. The van der Waals surface area contributed by atoms with Crippen LogP contribution in [0.2, 0.25) is 0 Å². The summed E-state index contributed by atoms with van der Waals surface area (Å²) in [6.45, 7) is 5.73. The van der Waals surface area contributed by atoms with Gasteiger partial charge in [-0.05, 0) is 17.0 Å². The SMILES string of the molecule is CC(C)(C)c1cc(C=NN=C2NC(=O)CS2)c(O)c([N+](=O)[O-])c1. The average Bonchev–Trinajstić information content (AvgIpc) is 2.84. The van der Waals surface area contributed by atoms with E-state index < -0.39 is 10.7 Å². The molecule has 9 heteroatoms. The zero-order chi connectivity index (χ0) is 17.2. The van der Waals surface area contributed by atoms with Crippen molar-refractivity contribution in [2.24, 2.45) is 10.2 Å². The standard InChI is InChI=1S/C14H16N4O4S/c1-14(2,3)9-4-8(12(20)10(5-9)18(21)22)6-15-17-13-16-11(19)7-23-13/h4-6,20H,7H2,1-3H3,(H,16,17,19). The zero-order valence-electron chi connectivity index (χ0n) is 12.9. The number of hydrogen-bond acceptors (Lipinski definition) is 7. The van der Waals surface area contributed by atoms with Gasteiger partial charge >= 0.3 is 5.69 Å². The van der Waals surface area contributed by atoms with Gasteiger partial charge in [-0.15, -0.1) is 5.10 Å². The predicted octanol–water partition coefficient (Wildman–Crippen LogP) is 2.15. The first-order valence-corrected chi connectivity index (χ1v) is 7.72. The van der Waals surface area contributed by atoms with Crippen LogP contribution in [0.1, 0.15) is 31.9 Å². The van der Waals surface area contributed by atoms with E-state index in [-0.39, 0.29) is 28.3 Å². The fourth-order valence-electron chi connectivity index (χ4n) is 1.83. The molecular formula is C14H16N4O4S. The zero-order valence-corrected chi connectivity index (χ0v) is 13.7. The molecule has 0 aliphatic carbocycles. The lowest BCUT2D eigenvalue weighted by molar-refractivity contribution is -0.386. The van der Waals surface area contributed by atoms with E-state index >= 15 is 0 Å². The van der Waals surface area contributed by atoms with Gasteiger partial charge in [-0.25, -0.2) is 0 Å². The maximum absolute atomic E-state index is 11.1. The highest BCUT2D eigenvalue weighted by Gasteiger charge is 2.23. The van der Waals surface area contributed by atoms with Gasteiger partial charge in [0.05, 0.1) is 16.9 Å². The van der Waals surface area contributed by atoms with Crippen molar-refractivity contribution in [3.8, 4) is 5.75 Å². The fraction of sp³-hybridized carbons (Fsp3) is 0.357. The molecule has 2 N–H and O–H groups in total. The summed E-state index contributed by atoms with van der Waals surface area (Å²) in [5.74, 6) is -0.336. The van der Waals surface area contributed by atoms with E-state index in [0.29, 0.717) is 10.7 Å². The number of thioether (sulfide) groups is 1. The van der Waals surface area contributed by atoms with Crippen molar-refractivity contribution in [1.29, 1.82) is 0 Å². The number of amidine groups is 1. The maximum atomic E-state index is 11.1. The van der Waals surface area contributed by atoms with Gasteiger partial charge in [0, 0.05) is 11.6 Å². The van der Waals surface area contributed by atoms with Gasteiger partial charge in [-0.3, -0.25) is 14.9 Å². The Morgan fingerprint density at radius 1 is 1.43 bits per heavy atom. The Labute approximate surface area is 136 Å². The summed E-state index contributed by atoms with van der Waals surface area (Å²) in [6, 6.07) is 2.98. The van der Waals surface area contributed by atoms with Gasteiger partial charge in [0.1, 0.15) is 0 Å². The number of hydrogen-bond donors (Lipinski definition) is 2. The molecule has 0 unspecified atom stereocenters. The Hall–Kier alpha value is -2.42. The Morgan fingerprint density at radius 2 is 2.13 bits per heavy atom. The van der Waals surface area contributed by atoms with Crippen molar-refractivity contribution in [3.63, 3.8) is 0 Å². The van der Waals surface area contributed by atoms with Crippen LogP contribution in [0.4, 0.5) is 5.69 Å². The number of benzene rings is 1. The Morgan fingerprint density at radius 3 is 2.65 bits per heavy atom. The normalized spacial score (nSPS) is 17.0. The van der Waals surface area contributed by atoms with Crippen LogP contribution in [0.25, 0.3) is 0 Å². The number of nitro groups is 1. The number of aromatic hydroxyl groups is 1. The van der Waals surface area contributed by atoms with Crippen molar-refractivity contribution in [3.05, 3.63) is 33.4 Å². The number of carbonyl (C=O) groups excluding carboxylic acids is 1. The molecule has 1 aromatic carbocycles. The first-order chi connectivity index (χ1) is 10.7. The summed E-state index contributed by atoms with van der Waals surface area (Å²) in [5.41, 5.74) is 0.180. The molecule has 1 amide bonds. The van der Waals surface area contributed by atoms with E-state index in [9.17, 15) is 20.0 Å². The molecule has 1 saturated heterocycles. The van der Waals surface area contributed by atoms with Gasteiger partial charge in [0.15, 0.2) is 5.17 Å². The molecule has 1 fully saturated rings. The third kappa shape index (κ3) is 4.07. The minimum atomic E-state index is -0.638. The summed E-state index contributed by atoms with van der Waals surface area (Å²) in [5, 5.41) is 31.6. The fourth-order valence-corrected chi connectivity index (χ4v) is 2.47. The Balaban J connectivity index is 2.39. The number of phenols is 1. The van der Waals surface area contributed by atoms with E-state index in [1.54, 1.807) is 6.07 Å². The van der Waals surface area contributed by atoms with E-state index in [1.165, 1.54) is 24.0 Å². The molecule has 0 saturated carbocycles. The lowest BCUT2D eigenvalue weighted by Crippen LogP contribution is -2.19. The van der Waals surface area contributed by atoms with E-state index in [1.807, 2.05) is 20.8 Å². The molecule has 0 radical (unpaired) electrons. The number of phenolic OH excluding ortho intramolecular Hbond substituents is 1. The highest BCUT2D eigenvalue weighted by Crippen LogP contribution is 2.35. The second-order valence-corrected chi connectivity index (χ2v) is 6.89. The Bertz CT molecular complexity index is 722. The van der Waals surface area contributed by atoms with Crippen molar-refractivity contribution in [2.45, 2.75) is 26.2 Å². The monoisotopic (exact) mass is 336 g/mol. The highest BCUT2D eigenvalue weighted by atomic mass is 32.2.